The minimum atomic E-state index is 0.533. The van der Waals surface area contributed by atoms with E-state index in [4.69, 9.17) is 23.2 Å². The van der Waals surface area contributed by atoms with Crippen molar-refractivity contribution in [1.29, 1.82) is 0 Å². The summed E-state index contributed by atoms with van der Waals surface area (Å²) in [5.41, 5.74) is 0.720. The smallest absolute Gasteiger partial charge is 0.128 e. The van der Waals surface area contributed by atoms with Crippen LogP contribution in [0.1, 0.15) is 5.56 Å². The van der Waals surface area contributed by atoms with Gasteiger partial charge < -0.3 is 4.79 Å². The second-order valence-electron chi connectivity index (χ2n) is 2.01. The van der Waals surface area contributed by atoms with Crippen LogP contribution in [0.25, 0.3) is 0 Å². The van der Waals surface area contributed by atoms with Crippen LogP contribution in [-0.4, -0.2) is 6.29 Å². The lowest BCUT2D eigenvalue weighted by atomic mass is 10.2. The maximum absolute atomic E-state index is 10.1. The molecule has 0 N–H and O–H groups in total. The lowest BCUT2D eigenvalue weighted by Crippen LogP contribution is -1.81. The number of halogens is 2. The minimum Gasteiger partial charge on any atom is -0.303 e. The number of benzene rings is 1. The van der Waals surface area contributed by atoms with Crippen LogP contribution in [0.2, 0.25) is 10.0 Å². The lowest BCUT2D eigenvalue weighted by Gasteiger charge is -1.96. The maximum Gasteiger partial charge on any atom is 0.128 e. The standard InChI is InChI=1S/C8H5Cl2O/c9-7-3-6(1-2-11)4-8(10)5-7/h1-5H. The van der Waals surface area contributed by atoms with E-state index in [9.17, 15) is 4.79 Å². The Kier molecular flexibility index (Phi) is 2.92. The summed E-state index contributed by atoms with van der Waals surface area (Å²) in [7, 11) is 0. The van der Waals surface area contributed by atoms with Crippen molar-refractivity contribution in [3.63, 3.8) is 0 Å². The maximum atomic E-state index is 10.1. The van der Waals surface area contributed by atoms with Crippen molar-refractivity contribution < 1.29 is 4.79 Å². The van der Waals surface area contributed by atoms with Crippen LogP contribution in [0, 0.1) is 6.42 Å². The van der Waals surface area contributed by atoms with Crippen LogP contribution in [0.5, 0.6) is 0 Å². The number of hydrogen-bond donors (Lipinski definition) is 0. The Bertz CT molecular complexity index is 251. The Balaban J connectivity index is 2.98. The number of hydrogen-bond acceptors (Lipinski definition) is 1. The van der Waals surface area contributed by atoms with E-state index in [2.05, 4.69) is 0 Å². The highest BCUT2D eigenvalue weighted by Gasteiger charge is 1.96. The Morgan fingerprint density at radius 2 is 1.64 bits per heavy atom. The second-order valence-corrected chi connectivity index (χ2v) is 2.88. The molecule has 11 heavy (non-hydrogen) atoms. The van der Waals surface area contributed by atoms with Gasteiger partial charge >= 0.3 is 0 Å². The van der Waals surface area contributed by atoms with Crippen LogP contribution >= 0.6 is 23.2 Å². The van der Waals surface area contributed by atoms with Crippen molar-refractivity contribution in [3.8, 4) is 0 Å². The Morgan fingerprint density at radius 1 is 1.09 bits per heavy atom. The molecule has 0 unspecified atom stereocenters. The second kappa shape index (κ2) is 3.74. The third kappa shape index (κ3) is 2.52. The van der Waals surface area contributed by atoms with Gasteiger partial charge in [0.05, 0.1) is 6.42 Å². The molecular formula is C8H5Cl2O. The minimum absolute atomic E-state index is 0.533. The number of carbonyl (C=O) groups excluding carboxylic acids is 1. The molecule has 0 heterocycles. The molecule has 1 aromatic rings. The van der Waals surface area contributed by atoms with E-state index in [1.165, 1.54) is 6.42 Å². The molecule has 1 nitrogen and oxygen atoms in total. The number of carbonyl (C=O) groups is 1. The highest BCUT2D eigenvalue weighted by molar-refractivity contribution is 6.34. The molecular weight excluding hydrogens is 183 g/mol. The van der Waals surface area contributed by atoms with Gasteiger partial charge in [-0.25, -0.2) is 0 Å². The summed E-state index contributed by atoms with van der Waals surface area (Å²) >= 11 is 11.3. The van der Waals surface area contributed by atoms with Gasteiger partial charge in [-0.15, -0.1) is 0 Å². The molecule has 0 aliphatic carbocycles. The fourth-order valence-corrected chi connectivity index (χ4v) is 1.29. The Labute approximate surface area is 74.9 Å². The molecule has 0 atom stereocenters. The van der Waals surface area contributed by atoms with Crippen LogP contribution < -0.4 is 0 Å². The van der Waals surface area contributed by atoms with Gasteiger partial charge in [0.2, 0.25) is 0 Å². The SMILES string of the molecule is O=C[CH]c1cc(Cl)cc(Cl)c1. The van der Waals surface area contributed by atoms with Gasteiger partial charge in [0.25, 0.3) is 0 Å². The first-order valence-electron chi connectivity index (χ1n) is 2.97. The van der Waals surface area contributed by atoms with Crippen LogP contribution in [0.3, 0.4) is 0 Å². The van der Waals surface area contributed by atoms with Gasteiger partial charge in [0.1, 0.15) is 6.29 Å². The zero-order valence-electron chi connectivity index (χ0n) is 5.55. The van der Waals surface area contributed by atoms with Gasteiger partial charge in [0, 0.05) is 10.0 Å². The zero-order valence-corrected chi connectivity index (χ0v) is 7.06. The van der Waals surface area contributed by atoms with Gasteiger partial charge in [0.15, 0.2) is 0 Å². The van der Waals surface area contributed by atoms with Crippen LogP contribution in [-0.2, 0) is 4.79 Å². The normalized spacial score (nSPS) is 9.64. The molecule has 0 bridgehead atoms. The predicted molar refractivity (Wildman–Crippen MR) is 45.9 cm³/mol. The summed E-state index contributed by atoms with van der Waals surface area (Å²) in [6, 6.07) is 4.95. The highest BCUT2D eigenvalue weighted by Crippen LogP contribution is 2.19. The van der Waals surface area contributed by atoms with Gasteiger partial charge in [-0.1, -0.05) is 23.2 Å². The van der Waals surface area contributed by atoms with Crippen molar-refractivity contribution in [2.75, 3.05) is 0 Å². The Hall–Kier alpha value is -0.530. The molecule has 0 aliphatic heterocycles. The van der Waals surface area contributed by atoms with Crippen molar-refractivity contribution in [2.24, 2.45) is 0 Å². The summed E-state index contributed by atoms with van der Waals surface area (Å²) in [5, 5.41) is 1.07. The molecule has 0 fully saturated rings. The fraction of sp³-hybridized carbons (Fsp3) is 0. The fourth-order valence-electron chi connectivity index (χ4n) is 0.750. The average Bonchev–Trinajstić information content (AvgIpc) is 1.85. The van der Waals surface area contributed by atoms with E-state index >= 15 is 0 Å². The van der Waals surface area contributed by atoms with Gasteiger partial charge in [-0.3, -0.25) is 0 Å². The first-order valence-corrected chi connectivity index (χ1v) is 3.72. The molecule has 1 aromatic carbocycles. The molecule has 0 aliphatic rings. The average molecular weight is 188 g/mol. The van der Waals surface area contributed by atoms with Crippen molar-refractivity contribution in [2.45, 2.75) is 0 Å². The van der Waals surface area contributed by atoms with E-state index < -0.39 is 0 Å². The molecule has 0 spiro atoms. The van der Waals surface area contributed by atoms with E-state index in [0.29, 0.717) is 16.3 Å². The van der Waals surface area contributed by atoms with Crippen molar-refractivity contribution in [3.05, 3.63) is 40.2 Å². The summed E-state index contributed by atoms with van der Waals surface area (Å²) in [6.07, 6.45) is 2.10. The topological polar surface area (TPSA) is 17.1 Å². The molecule has 1 radical (unpaired) electrons. The monoisotopic (exact) mass is 187 g/mol. The number of rotatable bonds is 2. The van der Waals surface area contributed by atoms with Gasteiger partial charge in [-0.2, -0.15) is 0 Å². The predicted octanol–water partition coefficient (Wildman–Crippen LogP) is 2.74. The number of aldehydes is 1. The molecule has 0 saturated heterocycles. The summed E-state index contributed by atoms with van der Waals surface area (Å²) < 4.78 is 0. The van der Waals surface area contributed by atoms with E-state index in [-0.39, 0.29) is 0 Å². The summed E-state index contributed by atoms with van der Waals surface area (Å²) in [6.45, 7) is 0. The summed E-state index contributed by atoms with van der Waals surface area (Å²) in [4.78, 5) is 10.1. The zero-order chi connectivity index (χ0) is 8.27. The van der Waals surface area contributed by atoms with Crippen molar-refractivity contribution >= 4 is 29.5 Å². The Morgan fingerprint density at radius 3 is 2.09 bits per heavy atom. The van der Waals surface area contributed by atoms with E-state index in [1.807, 2.05) is 0 Å². The largest absolute Gasteiger partial charge is 0.303 e. The molecule has 57 valence electrons. The first-order chi connectivity index (χ1) is 5.22. The third-order valence-electron chi connectivity index (χ3n) is 1.15. The molecule has 3 heteroatoms. The van der Waals surface area contributed by atoms with Crippen LogP contribution in [0.4, 0.5) is 0 Å². The first kappa shape index (κ1) is 8.57. The van der Waals surface area contributed by atoms with Crippen molar-refractivity contribution in [1.82, 2.24) is 0 Å². The highest BCUT2D eigenvalue weighted by atomic mass is 35.5. The summed E-state index contributed by atoms with van der Waals surface area (Å²) in [5.74, 6) is 0. The van der Waals surface area contributed by atoms with E-state index in [1.54, 1.807) is 18.2 Å². The molecule has 0 amide bonds. The van der Waals surface area contributed by atoms with Crippen LogP contribution in [0.15, 0.2) is 18.2 Å². The quantitative estimate of drug-likeness (QED) is 0.652. The molecule has 0 aromatic heterocycles. The van der Waals surface area contributed by atoms with E-state index in [0.717, 1.165) is 5.56 Å². The third-order valence-corrected chi connectivity index (χ3v) is 1.58. The lowest BCUT2D eigenvalue weighted by molar-refractivity contribution is -0.104. The molecule has 1 rings (SSSR count). The van der Waals surface area contributed by atoms with Gasteiger partial charge in [-0.05, 0) is 23.8 Å². The molecule has 0 saturated carbocycles.